The van der Waals surface area contributed by atoms with Crippen molar-refractivity contribution < 1.29 is 19.1 Å². The molecule has 1 aliphatic heterocycles. The van der Waals surface area contributed by atoms with Gasteiger partial charge >= 0.3 is 0 Å². The second-order valence-electron chi connectivity index (χ2n) is 4.93. The second kappa shape index (κ2) is 5.90. The maximum Gasteiger partial charge on any atom is 0.256 e. The lowest BCUT2D eigenvalue weighted by Gasteiger charge is -2.18. The van der Waals surface area contributed by atoms with Crippen LogP contribution in [0.25, 0.3) is 0 Å². The number of ether oxygens (including phenoxy) is 2. The number of primary amides is 1. The monoisotopic (exact) mass is 293 g/mol. The molecule has 1 aromatic rings. The van der Waals surface area contributed by atoms with Crippen molar-refractivity contribution >= 4 is 17.5 Å². The fourth-order valence-corrected chi connectivity index (χ4v) is 2.43. The Balaban J connectivity index is 2.26. The van der Waals surface area contributed by atoms with Crippen molar-refractivity contribution in [3.05, 3.63) is 17.7 Å². The maximum absolute atomic E-state index is 12.5. The second-order valence-corrected chi connectivity index (χ2v) is 4.93. The normalized spacial score (nSPS) is 17.6. The summed E-state index contributed by atoms with van der Waals surface area (Å²) < 4.78 is 10.3. The highest BCUT2D eigenvalue weighted by atomic mass is 16.5. The van der Waals surface area contributed by atoms with Crippen LogP contribution in [0.15, 0.2) is 12.1 Å². The minimum absolute atomic E-state index is 0.239. The molecule has 114 valence electrons. The molecule has 1 unspecified atom stereocenters. The molecule has 2 amide bonds. The molecule has 1 aromatic carbocycles. The van der Waals surface area contributed by atoms with Gasteiger partial charge in [0.05, 0.1) is 25.7 Å². The van der Waals surface area contributed by atoms with Crippen LogP contribution in [0.1, 0.15) is 16.8 Å². The standard InChI is InChI=1S/C14H19N3O4/c1-20-11-5-9(10(15)6-12(11)21-2)14(19)17-4-3-8(7-17)13(16)18/h5-6,8H,3-4,7,15H2,1-2H3,(H2,16,18). The van der Waals surface area contributed by atoms with Gasteiger partial charge in [0.2, 0.25) is 5.91 Å². The number of amides is 2. The first-order valence-electron chi connectivity index (χ1n) is 6.58. The van der Waals surface area contributed by atoms with Crippen molar-refractivity contribution in [3.8, 4) is 11.5 Å². The van der Waals surface area contributed by atoms with Gasteiger partial charge in [-0.3, -0.25) is 9.59 Å². The predicted octanol–water partition coefficient (Wildman–Crippen LogP) is 0.233. The highest BCUT2D eigenvalue weighted by molar-refractivity contribution is 6.00. The molecule has 1 heterocycles. The fourth-order valence-electron chi connectivity index (χ4n) is 2.43. The minimum atomic E-state index is -0.384. The van der Waals surface area contributed by atoms with Crippen molar-refractivity contribution in [1.29, 1.82) is 0 Å². The highest BCUT2D eigenvalue weighted by Gasteiger charge is 2.31. The Kier molecular flexibility index (Phi) is 4.21. The summed E-state index contributed by atoms with van der Waals surface area (Å²) in [6.07, 6.45) is 0.578. The van der Waals surface area contributed by atoms with E-state index in [1.165, 1.54) is 14.2 Å². The number of carbonyl (C=O) groups excluding carboxylic acids is 2. The van der Waals surface area contributed by atoms with E-state index in [1.807, 2.05) is 0 Å². The van der Waals surface area contributed by atoms with Crippen LogP contribution in [-0.4, -0.2) is 44.0 Å². The third kappa shape index (κ3) is 2.86. The molecular weight excluding hydrogens is 274 g/mol. The molecular formula is C14H19N3O4. The number of likely N-dealkylation sites (tertiary alicyclic amines) is 1. The summed E-state index contributed by atoms with van der Waals surface area (Å²) in [5, 5.41) is 0. The number of anilines is 1. The molecule has 1 fully saturated rings. The van der Waals surface area contributed by atoms with Gasteiger partial charge in [-0.05, 0) is 12.5 Å². The lowest BCUT2D eigenvalue weighted by atomic mass is 10.1. The number of nitrogens with zero attached hydrogens (tertiary/aromatic N) is 1. The summed E-state index contributed by atoms with van der Waals surface area (Å²) in [4.78, 5) is 25.3. The molecule has 4 N–H and O–H groups in total. The van der Waals surface area contributed by atoms with Crippen molar-refractivity contribution in [2.75, 3.05) is 33.0 Å². The average Bonchev–Trinajstić information content (AvgIpc) is 2.96. The number of nitrogens with two attached hydrogens (primary N) is 2. The molecule has 0 saturated carbocycles. The summed E-state index contributed by atoms with van der Waals surface area (Å²) in [5.74, 6) is -0.0261. The first kappa shape index (κ1) is 15.0. The zero-order valence-electron chi connectivity index (χ0n) is 12.1. The van der Waals surface area contributed by atoms with Crippen LogP contribution in [0.5, 0.6) is 11.5 Å². The molecule has 0 aliphatic carbocycles. The van der Waals surface area contributed by atoms with Crippen LogP contribution in [0.4, 0.5) is 5.69 Å². The van der Waals surface area contributed by atoms with Gasteiger partial charge in [-0.2, -0.15) is 0 Å². The lowest BCUT2D eigenvalue weighted by Crippen LogP contribution is -2.32. The first-order valence-corrected chi connectivity index (χ1v) is 6.58. The number of hydrogen-bond donors (Lipinski definition) is 2. The van der Waals surface area contributed by atoms with Gasteiger partial charge in [-0.25, -0.2) is 0 Å². The van der Waals surface area contributed by atoms with E-state index in [2.05, 4.69) is 0 Å². The number of methoxy groups -OCH3 is 2. The molecule has 7 heteroatoms. The third-order valence-electron chi connectivity index (χ3n) is 3.66. The van der Waals surface area contributed by atoms with E-state index < -0.39 is 0 Å². The van der Waals surface area contributed by atoms with E-state index in [4.69, 9.17) is 20.9 Å². The van der Waals surface area contributed by atoms with Crippen LogP contribution in [0, 0.1) is 5.92 Å². The summed E-state index contributed by atoms with van der Waals surface area (Å²) in [7, 11) is 2.98. The largest absolute Gasteiger partial charge is 0.493 e. The van der Waals surface area contributed by atoms with Gasteiger partial charge in [0, 0.05) is 24.8 Å². The molecule has 0 aromatic heterocycles. The molecule has 1 saturated heterocycles. The van der Waals surface area contributed by atoms with Crippen LogP contribution in [0.3, 0.4) is 0 Å². The van der Waals surface area contributed by atoms with Crippen molar-refractivity contribution in [2.24, 2.45) is 11.7 Å². The van der Waals surface area contributed by atoms with Gasteiger partial charge in [-0.1, -0.05) is 0 Å². The van der Waals surface area contributed by atoms with E-state index in [-0.39, 0.29) is 17.7 Å². The van der Waals surface area contributed by atoms with Crippen molar-refractivity contribution in [3.63, 3.8) is 0 Å². The number of benzene rings is 1. The van der Waals surface area contributed by atoms with Gasteiger partial charge < -0.3 is 25.8 Å². The van der Waals surface area contributed by atoms with Crippen molar-refractivity contribution in [2.45, 2.75) is 6.42 Å². The number of nitrogen functional groups attached to an aromatic ring is 1. The van der Waals surface area contributed by atoms with E-state index in [0.717, 1.165) is 0 Å². The van der Waals surface area contributed by atoms with Crippen LogP contribution >= 0.6 is 0 Å². The predicted molar refractivity (Wildman–Crippen MR) is 77.2 cm³/mol. The third-order valence-corrected chi connectivity index (χ3v) is 3.66. The zero-order valence-corrected chi connectivity index (χ0v) is 12.1. The molecule has 21 heavy (non-hydrogen) atoms. The molecule has 1 aliphatic rings. The molecule has 0 bridgehead atoms. The lowest BCUT2D eigenvalue weighted by molar-refractivity contribution is -0.121. The topological polar surface area (TPSA) is 108 Å². The molecule has 1 atom stereocenters. The van der Waals surface area contributed by atoms with E-state index in [1.54, 1.807) is 17.0 Å². The van der Waals surface area contributed by atoms with Crippen LogP contribution in [-0.2, 0) is 4.79 Å². The highest BCUT2D eigenvalue weighted by Crippen LogP contribution is 2.33. The van der Waals surface area contributed by atoms with E-state index in [9.17, 15) is 9.59 Å². The molecule has 0 radical (unpaired) electrons. The van der Waals surface area contributed by atoms with Gasteiger partial charge in [0.15, 0.2) is 11.5 Å². The summed E-state index contributed by atoms with van der Waals surface area (Å²) in [6.45, 7) is 0.808. The smallest absolute Gasteiger partial charge is 0.256 e. The Morgan fingerprint density at radius 2 is 1.86 bits per heavy atom. The Bertz CT molecular complexity index is 574. The Morgan fingerprint density at radius 3 is 2.38 bits per heavy atom. The van der Waals surface area contributed by atoms with Crippen LogP contribution < -0.4 is 20.9 Å². The summed E-state index contributed by atoms with van der Waals surface area (Å²) >= 11 is 0. The van der Waals surface area contributed by atoms with Crippen molar-refractivity contribution in [1.82, 2.24) is 4.90 Å². The number of carbonyl (C=O) groups is 2. The van der Waals surface area contributed by atoms with Gasteiger partial charge in [0.1, 0.15) is 0 Å². The fraction of sp³-hybridized carbons (Fsp3) is 0.429. The SMILES string of the molecule is COc1cc(N)c(C(=O)N2CCC(C(N)=O)C2)cc1OC. The Hall–Kier alpha value is -2.44. The van der Waals surface area contributed by atoms with Gasteiger partial charge in [0.25, 0.3) is 5.91 Å². The number of rotatable bonds is 4. The average molecular weight is 293 g/mol. The Morgan fingerprint density at radius 1 is 1.24 bits per heavy atom. The van der Waals surface area contributed by atoms with Crippen LogP contribution in [0.2, 0.25) is 0 Å². The zero-order chi connectivity index (χ0) is 15.6. The Labute approximate surface area is 122 Å². The van der Waals surface area contributed by atoms with E-state index in [0.29, 0.717) is 42.3 Å². The summed E-state index contributed by atoms with van der Waals surface area (Å²) in [6, 6.07) is 3.10. The first-order chi connectivity index (χ1) is 9.97. The van der Waals surface area contributed by atoms with E-state index >= 15 is 0 Å². The maximum atomic E-state index is 12.5. The minimum Gasteiger partial charge on any atom is -0.493 e. The molecule has 7 nitrogen and oxygen atoms in total. The summed E-state index contributed by atoms with van der Waals surface area (Å²) in [5.41, 5.74) is 11.8. The molecule has 2 rings (SSSR count). The van der Waals surface area contributed by atoms with Gasteiger partial charge in [-0.15, -0.1) is 0 Å². The molecule has 0 spiro atoms. The number of hydrogen-bond acceptors (Lipinski definition) is 5. The quantitative estimate of drug-likeness (QED) is 0.773.